The molecule has 0 heterocycles. The Hall–Kier alpha value is -0.590. The summed E-state index contributed by atoms with van der Waals surface area (Å²) in [6.07, 6.45) is 0. The number of nitrogens with one attached hydrogen (secondary N) is 1. The molecule has 1 aromatic rings. The van der Waals surface area contributed by atoms with Gasteiger partial charge in [-0.2, -0.15) is 0 Å². The standard InChI is InChI=1S/C10H14BrNO3S/c1-15-10-4-2-9(3-5-10)8-12-16(13,14)7-6-11/h2-5,12H,6-8H2,1H3. The Morgan fingerprint density at radius 2 is 1.94 bits per heavy atom. The molecule has 0 amide bonds. The van der Waals surface area contributed by atoms with Gasteiger partial charge in [0.2, 0.25) is 10.0 Å². The Kier molecular flexibility index (Phi) is 5.24. The third-order valence-corrected chi connectivity index (χ3v) is 4.25. The fraction of sp³-hybridized carbons (Fsp3) is 0.400. The highest BCUT2D eigenvalue weighted by molar-refractivity contribution is 9.09. The summed E-state index contributed by atoms with van der Waals surface area (Å²) in [5.41, 5.74) is 0.902. The van der Waals surface area contributed by atoms with Gasteiger partial charge in [0.25, 0.3) is 0 Å². The van der Waals surface area contributed by atoms with E-state index in [9.17, 15) is 8.42 Å². The van der Waals surface area contributed by atoms with Crippen molar-refractivity contribution < 1.29 is 13.2 Å². The summed E-state index contributed by atoms with van der Waals surface area (Å²) < 4.78 is 30.2. The largest absolute Gasteiger partial charge is 0.497 e. The molecule has 0 aliphatic carbocycles. The Bertz CT molecular complexity index is 416. The highest BCUT2D eigenvalue weighted by atomic mass is 79.9. The van der Waals surface area contributed by atoms with E-state index in [1.165, 1.54) is 0 Å². The molecule has 0 fully saturated rings. The molecule has 0 bridgehead atoms. The quantitative estimate of drug-likeness (QED) is 0.811. The van der Waals surface area contributed by atoms with Crippen LogP contribution in [0.4, 0.5) is 0 Å². The van der Waals surface area contributed by atoms with E-state index in [4.69, 9.17) is 4.74 Å². The van der Waals surface area contributed by atoms with E-state index in [1.54, 1.807) is 19.2 Å². The van der Waals surface area contributed by atoms with Crippen LogP contribution in [0.2, 0.25) is 0 Å². The molecule has 0 saturated carbocycles. The number of ether oxygens (including phenoxy) is 1. The first-order valence-corrected chi connectivity index (χ1v) is 7.51. The summed E-state index contributed by atoms with van der Waals surface area (Å²) in [6.45, 7) is 0.305. The second-order valence-corrected chi connectivity index (χ2v) is 5.90. The average molecular weight is 308 g/mol. The Morgan fingerprint density at radius 1 is 1.31 bits per heavy atom. The van der Waals surface area contributed by atoms with E-state index >= 15 is 0 Å². The van der Waals surface area contributed by atoms with Gasteiger partial charge in [-0.1, -0.05) is 28.1 Å². The molecule has 0 unspecified atom stereocenters. The number of rotatable bonds is 6. The molecular formula is C10H14BrNO3S. The molecule has 0 aliphatic heterocycles. The lowest BCUT2D eigenvalue weighted by Crippen LogP contribution is -2.26. The molecule has 0 radical (unpaired) electrons. The lowest BCUT2D eigenvalue weighted by atomic mass is 10.2. The maximum Gasteiger partial charge on any atom is 0.212 e. The monoisotopic (exact) mass is 307 g/mol. The average Bonchev–Trinajstić information content (AvgIpc) is 2.27. The zero-order valence-electron chi connectivity index (χ0n) is 8.94. The second-order valence-electron chi connectivity index (χ2n) is 3.18. The van der Waals surface area contributed by atoms with Gasteiger partial charge in [-0.3, -0.25) is 0 Å². The lowest BCUT2D eigenvalue weighted by molar-refractivity contribution is 0.414. The predicted molar refractivity (Wildman–Crippen MR) is 67.4 cm³/mol. The van der Waals surface area contributed by atoms with Crippen molar-refractivity contribution >= 4 is 26.0 Å². The van der Waals surface area contributed by atoms with Crippen LogP contribution in [0.15, 0.2) is 24.3 Å². The van der Waals surface area contributed by atoms with Crippen LogP contribution < -0.4 is 9.46 Å². The minimum atomic E-state index is -3.17. The van der Waals surface area contributed by atoms with Crippen molar-refractivity contribution in [1.82, 2.24) is 4.72 Å². The van der Waals surface area contributed by atoms with Gasteiger partial charge in [0, 0.05) is 11.9 Å². The van der Waals surface area contributed by atoms with Crippen LogP contribution in [0.1, 0.15) is 5.56 Å². The van der Waals surface area contributed by atoms with Crippen LogP contribution in [0.25, 0.3) is 0 Å². The van der Waals surface area contributed by atoms with Crippen molar-refractivity contribution in [3.8, 4) is 5.75 Å². The summed E-state index contributed by atoms with van der Waals surface area (Å²) in [7, 11) is -1.58. The van der Waals surface area contributed by atoms with E-state index in [-0.39, 0.29) is 5.75 Å². The van der Waals surface area contributed by atoms with Crippen LogP contribution in [-0.2, 0) is 16.6 Å². The van der Waals surface area contributed by atoms with Crippen LogP contribution in [0, 0.1) is 0 Å². The first-order valence-electron chi connectivity index (χ1n) is 4.73. The van der Waals surface area contributed by atoms with Crippen LogP contribution in [0.3, 0.4) is 0 Å². The first kappa shape index (κ1) is 13.5. The third-order valence-electron chi connectivity index (χ3n) is 2.00. The molecule has 1 aromatic carbocycles. The van der Waals surface area contributed by atoms with Gasteiger partial charge in [-0.15, -0.1) is 0 Å². The zero-order chi connectivity index (χ0) is 12.0. The van der Waals surface area contributed by atoms with E-state index in [0.29, 0.717) is 11.9 Å². The van der Waals surface area contributed by atoms with Crippen molar-refractivity contribution in [2.45, 2.75) is 6.54 Å². The van der Waals surface area contributed by atoms with E-state index in [0.717, 1.165) is 11.3 Å². The molecule has 4 nitrogen and oxygen atoms in total. The van der Waals surface area contributed by atoms with Crippen molar-refractivity contribution in [3.63, 3.8) is 0 Å². The van der Waals surface area contributed by atoms with Gasteiger partial charge in [-0.05, 0) is 17.7 Å². The van der Waals surface area contributed by atoms with Crippen molar-refractivity contribution in [1.29, 1.82) is 0 Å². The maximum atomic E-state index is 11.4. The summed E-state index contributed by atoms with van der Waals surface area (Å²) >= 11 is 3.09. The van der Waals surface area contributed by atoms with Crippen molar-refractivity contribution in [2.24, 2.45) is 0 Å². The number of alkyl halides is 1. The summed E-state index contributed by atoms with van der Waals surface area (Å²) in [5.74, 6) is 0.843. The first-order chi connectivity index (χ1) is 7.57. The Balaban J connectivity index is 2.54. The second kappa shape index (κ2) is 6.22. The normalized spacial score (nSPS) is 11.4. The summed E-state index contributed by atoms with van der Waals surface area (Å²) in [4.78, 5) is 0. The van der Waals surface area contributed by atoms with Crippen molar-refractivity contribution in [3.05, 3.63) is 29.8 Å². The fourth-order valence-electron chi connectivity index (χ4n) is 1.11. The molecule has 16 heavy (non-hydrogen) atoms. The topological polar surface area (TPSA) is 55.4 Å². The predicted octanol–water partition coefficient (Wildman–Crippen LogP) is 1.51. The smallest absolute Gasteiger partial charge is 0.212 e. The SMILES string of the molecule is COc1ccc(CNS(=O)(=O)CCBr)cc1. The highest BCUT2D eigenvalue weighted by Gasteiger charge is 2.08. The van der Waals surface area contributed by atoms with E-state index in [2.05, 4.69) is 20.7 Å². The lowest BCUT2D eigenvalue weighted by Gasteiger charge is -2.06. The molecule has 0 spiro atoms. The third kappa shape index (κ3) is 4.51. The molecule has 0 aromatic heterocycles. The van der Waals surface area contributed by atoms with Crippen LogP contribution in [0.5, 0.6) is 5.75 Å². The van der Waals surface area contributed by atoms with Crippen LogP contribution in [-0.4, -0.2) is 26.6 Å². The van der Waals surface area contributed by atoms with E-state index < -0.39 is 10.0 Å². The fourth-order valence-corrected chi connectivity index (χ4v) is 3.12. The minimum absolute atomic E-state index is 0.0865. The van der Waals surface area contributed by atoms with Crippen LogP contribution >= 0.6 is 15.9 Å². The number of benzene rings is 1. The Morgan fingerprint density at radius 3 is 2.44 bits per heavy atom. The Labute approximate surface area is 104 Å². The van der Waals surface area contributed by atoms with Gasteiger partial charge in [0.1, 0.15) is 5.75 Å². The molecule has 0 atom stereocenters. The number of halogens is 1. The number of sulfonamides is 1. The molecule has 90 valence electrons. The van der Waals surface area contributed by atoms with Gasteiger partial charge in [0.15, 0.2) is 0 Å². The van der Waals surface area contributed by atoms with Gasteiger partial charge < -0.3 is 4.74 Å². The molecule has 6 heteroatoms. The molecule has 0 aliphatic rings. The summed E-state index contributed by atoms with van der Waals surface area (Å²) in [5, 5.41) is 0.435. The molecule has 0 saturated heterocycles. The number of hydrogen-bond donors (Lipinski definition) is 1. The molecule has 1 N–H and O–H groups in total. The van der Waals surface area contributed by atoms with Gasteiger partial charge in [-0.25, -0.2) is 13.1 Å². The maximum absolute atomic E-state index is 11.4. The van der Waals surface area contributed by atoms with Gasteiger partial charge in [0.05, 0.1) is 12.9 Å². The number of methoxy groups -OCH3 is 1. The van der Waals surface area contributed by atoms with E-state index in [1.807, 2.05) is 12.1 Å². The number of hydrogen-bond acceptors (Lipinski definition) is 3. The van der Waals surface area contributed by atoms with Crippen molar-refractivity contribution in [2.75, 3.05) is 18.2 Å². The summed E-state index contributed by atoms with van der Waals surface area (Å²) in [6, 6.07) is 7.26. The molecule has 1 rings (SSSR count). The highest BCUT2D eigenvalue weighted by Crippen LogP contribution is 2.11. The molecular weight excluding hydrogens is 294 g/mol. The zero-order valence-corrected chi connectivity index (χ0v) is 11.3. The van der Waals surface area contributed by atoms with Gasteiger partial charge >= 0.3 is 0 Å². The minimum Gasteiger partial charge on any atom is -0.497 e.